The Morgan fingerprint density at radius 1 is 1.11 bits per heavy atom. The highest BCUT2D eigenvalue weighted by atomic mass is 35.5. The van der Waals surface area contributed by atoms with E-state index in [2.05, 4.69) is 9.98 Å². The van der Waals surface area contributed by atoms with Crippen LogP contribution in [0.25, 0.3) is 0 Å². The first-order chi connectivity index (χ1) is 8.31. The molecule has 0 aliphatic heterocycles. The molecule has 0 heterocycles. The van der Waals surface area contributed by atoms with Gasteiger partial charge in [-0.15, -0.1) is 0 Å². The lowest BCUT2D eigenvalue weighted by molar-refractivity contribution is 0.426. The molecule has 0 aliphatic carbocycles. The van der Waals surface area contributed by atoms with Crippen LogP contribution < -0.4 is 22.7 Å². The molecule has 1 aromatic rings. The third-order valence-electron chi connectivity index (χ3n) is 1.82. The van der Waals surface area contributed by atoms with Gasteiger partial charge in [0.15, 0.2) is 5.96 Å². The number of halogens is 2. The van der Waals surface area contributed by atoms with Crippen LogP contribution in [0.2, 0.25) is 10.0 Å². The van der Waals surface area contributed by atoms with Crippen molar-refractivity contribution >= 4 is 53.4 Å². The number of guanidine groups is 2. The van der Waals surface area contributed by atoms with Gasteiger partial charge in [-0.2, -0.15) is 4.99 Å². The highest BCUT2D eigenvalue weighted by molar-refractivity contribution is 6.63. The van der Waals surface area contributed by atoms with Crippen molar-refractivity contribution in [2.24, 2.45) is 27.2 Å². The summed E-state index contributed by atoms with van der Waals surface area (Å²) < 4.78 is 0. The molecule has 0 aromatic heterocycles. The highest BCUT2D eigenvalue weighted by Gasteiger charge is 2.17. The molecule has 1 aromatic carbocycles. The van der Waals surface area contributed by atoms with Gasteiger partial charge < -0.3 is 27.2 Å². The van der Waals surface area contributed by atoms with Crippen molar-refractivity contribution in [1.29, 1.82) is 0 Å². The summed E-state index contributed by atoms with van der Waals surface area (Å²) >= 11 is 11.6. The first-order valence-corrected chi connectivity index (χ1v) is 5.35. The topological polar surface area (TPSA) is 143 Å². The summed E-state index contributed by atoms with van der Waals surface area (Å²) in [6, 6.07) is 2.57. The number of nitrogens with two attached hydrogens (primary N) is 3. The smallest absolute Gasteiger partial charge is 0.423 e. The SMILES string of the molecule is NC(N)=NC(N)=Nc1cc(B(O)O)c(Cl)cc1Cl. The van der Waals surface area contributed by atoms with Gasteiger partial charge in [0.25, 0.3) is 0 Å². The fourth-order valence-corrected chi connectivity index (χ4v) is 1.64. The standard InChI is InChI=1S/C8H10BCl2N5O2/c10-4-2-5(11)6(1-3(4)9(17)18)15-8(14)16-7(12)13/h1-2,17-18H,(H6,12,13,14,15,16). The third-order valence-corrected chi connectivity index (χ3v) is 2.45. The van der Waals surface area contributed by atoms with Gasteiger partial charge in [-0.1, -0.05) is 23.2 Å². The number of hydrogen-bond donors (Lipinski definition) is 5. The minimum absolute atomic E-state index is 0.0392. The van der Waals surface area contributed by atoms with E-state index in [4.69, 9.17) is 50.5 Å². The number of hydrogen-bond acceptors (Lipinski definition) is 3. The van der Waals surface area contributed by atoms with Crippen LogP contribution in [0.4, 0.5) is 5.69 Å². The molecule has 0 saturated heterocycles. The second kappa shape index (κ2) is 5.92. The molecule has 7 nitrogen and oxygen atoms in total. The van der Waals surface area contributed by atoms with Crippen molar-refractivity contribution in [1.82, 2.24) is 0 Å². The number of aliphatic imine (C=N–C) groups is 2. The van der Waals surface area contributed by atoms with Crippen LogP contribution in [0.1, 0.15) is 0 Å². The van der Waals surface area contributed by atoms with E-state index in [1.54, 1.807) is 0 Å². The first kappa shape index (κ1) is 14.6. The molecular weight excluding hydrogens is 280 g/mol. The molecule has 0 atom stereocenters. The predicted octanol–water partition coefficient (Wildman–Crippen LogP) is -1.11. The van der Waals surface area contributed by atoms with Crippen LogP contribution in [0, 0.1) is 0 Å². The van der Waals surface area contributed by atoms with Gasteiger partial charge in [0, 0.05) is 10.5 Å². The summed E-state index contributed by atoms with van der Waals surface area (Å²) in [6.45, 7) is 0. The lowest BCUT2D eigenvalue weighted by Gasteiger charge is -2.06. The Bertz CT molecular complexity index is 516. The van der Waals surface area contributed by atoms with Crippen molar-refractivity contribution < 1.29 is 10.0 Å². The van der Waals surface area contributed by atoms with E-state index >= 15 is 0 Å². The Kier molecular flexibility index (Phi) is 4.80. The predicted molar refractivity (Wildman–Crippen MR) is 73.4 cm³/mol. The van der Waals surface area contributed by atoms with Crippen LogP contribution in [-0.2, 0) is 0 Å². The largest absolute Gasteiger partial charge is 0.490 e. The average molecular weight is 290 g/mol. The van der Waals surface area contributed by atoms with E-state index < -0.39 is 7.12 Å². The van der Waals surface area contributed by atoms with Crippen LogP contribution in [0.3, 0.4) is 0 Å². The van der Waals surface area contributed by atoms with Crippen LogP contribution in [-0.4, -0.2) is 29.1 Å². The lowest BCUT2D eigenvalue weighted by atomic mass is 9.80. The van der Waals surface area contributed by atoms with Crippen molar-refractivity contribution in [3.63, 3.8) is 0 Å². The average Bonchev–Trinajstić information content (AvgIpc) is 2.20. The van der Waals surface area contributed by atoms with Crippen molar-refractivity contribution in [2.75, 3.05) is 0 Å². The Labute approximate surface area is 113 Å². The van der Waals surface area contributed by atoms with Gasteiger partial charge >= 0.3 is 7.12 Å². The van der Waals surface area contributed by atoms with Crippen LogP contribution in [0.15, 0.2) is 22.1 Å². The Hall–Kier alpha value is -1.48. The molecule has 0 aliphatic rings. The van der Waals surface area contributed by atoms with E-state index in [1.807, 2.05) is 0 Å². The van der Waals surface area contributed by atoms with Gasteiger partial charge in [0.05, 0.1) is 10.7 Å². The lowest BCUT2D eigenvalue weighted by Crippen LogP contribution is -2.30. The van der Waals surface area contributed by atoms with Crippen molar-refractivity contribution in [3.8, 4) is 0 Å². The maximum Gasteiger partial charge on any atom is 0.490 e. The Balaban J connectivity index is 3.25. The number of nitrogens with zero attached hydrogens (tertiary/aromatic N) is 2. The molecule has 0 saturated carbocycles. The molecule has 0 radical (unpaired) electrons. The molecule has 1 rings (SSSR count). The fraction of sp³-hybridized carbons (Fsp3) is 0. The number of benzene rings is 1. The first-order valence-electron chi connectivity index (χ1n) is 4.60. The van der Waals surface area contributed by atoms with Gasteiger partial charge in [0.1, 0.15) is 0 Å². The molecular formula is C8H10BCl2N5O2. The maximum atomic E-state index is 9.08. The summed E-state index contributed by atoms with van der Waals surface area (Å²) in [4.78, 5) is 7.31. The fourth-order valence-electron chi connectivity index (χ4n) is 1.12. The Morgan fingerprint density at radius 2 is 1.72 bits per heavy atom. The Morgan fingerprint density at radius 3 is 2.22 bits per heavy atom. The van der Waals surface area contributed by atoms with E-state index in [-0.39, 0.29) is 33.1 Å². The molecule has 0 spiro atoms. The zero-order chi connectivity index (χ0) is 13.9. The second-order valence-electron chi connectivity index (χ2n) is 3.21. The molecule has 0 fully saturated rings. The van der Waals surface area contributed by atoms with E-state index in [0.717, 1.165) is 0 Å². The summed E-state index contributed by atoms with van der Waals surface area (Å²) in [5.41, 5.74) is 15.9. The molecule has 0 amide bonds. The molecule has 0 unspecified atom stereocenters. The van der Waals surface area contributed by atoms with Crippen LogP contribution >= 0.6 is 23.2 Å². The number of rotatable bonds is 2. The van der Waals surface area contributed by atoms with Crippen molar-refractivity contribution in [2.45, 2.75) is 0 Å². The van der Waals surface area contributed by atoms with Crippen LogP contribution in [0.5, 0.6) is 0 Å². The maximum absolute atomic E-state index is 9.08. The van der Waals surface area contributed by atoms with Crippen molar-refractivity contribution in [3.05, 3.63) is 22.2 Å². The molecule has 18 heavy (non-hydrogen) atoms. The quantitative estimate of drug-likeness (QED) is 0.266. The third kappa shape index (κ3) is 3.78. The summed E-state index contributed by atoms with van der Waals surface area (Å²) in [5, 5.41) is 18.4. The minimum atomic E-state index is -1.76. The normalized spacial score (nSPS) is 11.2. The zero-order valence-electron chi connectivity index (χ0n) is 9.01. The molecule has 8 N–H and O–H groups in total. The summed E-state index contributed by atoms with van der Waals surface area (Å²) in [7, 11) is -1.76. The molecule has 10 heteroatoms. The van der Waals surface area contributed by atoms with Gasteiger partial charge in [0.2, 0.25) is 5.96 Å². The van der Waals surface area contributed by atoms with E-state index in [0.29, 0.717) is 0 Å². The second-order valence-corrected chi connectivity index (χ2v) is 4.02. The summed E-state index contributed by atoms with van der Waals surface area (Å²) in [6.07, 6.45) is 0. The molecule has 96 valence electrons. The van der Waals surface area contributed by atoms with Gasteiger partial charge in [-0.25, -0.2) is 4.99 Å². The van der Waals surface area contributed by atoms with Gasteiger partial charge in [-0.05, 0) is 12.1 Å². The van der Waals surface area contributed by atoms with E-state index in [1.165, 1.54) is 12.1 Å². The van der Waals surface area contributed by atoms with Gasteiger partial charge in [-0.3, -0.25) is 0 Å². The zero-order valence-corrected chi connectivity index (χ0v) is 10.5. The minimum Gasteiger partial charge on any atom is -0.423 e. The molecule has 0 bridgehead atoms. The monoisotopic (exact) mass is 289 g/mol. The highest BCUT2D eigenvalue weighted by Crippen LogP contribution is 2.26. The van der Waals surface area contributed by atoms with E-state index in [9.17, 15) is 0 Å². The summed E-state index contributed by atoms with van der Waals surface area (Å²) in [5.74, 6) is -0.485.